The molecule has 33 heteroatoms. The number of urea groups is 1. The number of hydrogen-bond donors (Lipinski definition) is 8. The molecule has 762 valence electrons. The van der Waals surface area contributed by atoms with E-state index < -0.39 is 114 Å². The number of Topliss-reactive ketones (excluding diaryl/α,β-unsaturated/α-hetero) is 4. The zero-order chi connectivity index (χ0) is 102. The van der Waals surface area contributed by atoms with Crippen molar-refractivity contribution in [1.82, 2.24) is 40.4 Å². The Hall–Kier alpha value is -8.09. The number of ketones is 4. The van der Waals surface area contributed by atoms with E-state index in [0.29, 0.717) is 50.0 Å². The molecule has 2 fully saturated rings. The number of aliphatic hydroxyl groups excluding tert-OH is 2. The monoisotopic (exact) mass is 1930 g/mol. The molecule has 3 aromatic rings. The Labute approximate surface area is 810 Å². The number of ether oxygens (including phenoxy) is 5. The fourth-order valence-corrected chi connectivity index (χ4v) is 18.8. The number of likely N-dealkylation sites (tertiary alicyclic amines) is 2. The van der Waals surface area contributed by atoms with Crippen LogP contribution in [-0.2, 0) is 78.2 Å². The van der Waals surface area contributed by atoms with Gasteiger partial charge in [-0.3, -0.25) is 52.5 Å². The molecule has 2 aliphatic rings. The lowest BCUT2D eigenvalue weighted by Gasteiger charge is -2.41. The smallest absolute Gasteiger partial charge is 0.410 e. The number of methoxy groups -OCH3 is 4. The van der Waals surface area contributed by atoms with Gasteiger partial charge in [0.2, 0.25) is 35.4 Å². The van der Waals surface area contributed by atoms with Gasteiger partial charge in [0, 0.05) is 133 Å². The minimum absolute atomic E-state index is 0.0111. The molecule has 0 bridgehead atoms. The molecule has 0 aromatic heterocycles. The Kier molecular flexibility index (Phi) is 55.0. The van der Waals surface area contributed by atoms with Crippen LogP contribution in [0.15, 0.2) is 89.4 Å². The van der Waals surface area contributed by atoms with Gasteiger partial charge in [-0.05, 0) is 144 Å². The standard InChI is InChI=1S/C60H96N8O12.C41H69N3O7.CH5NP2/c1-15-38(8)53(49(78-13)33-50(71)68-30-20-24-46(68)55(79-14)40(10)47(69)31-39(9)54(72)42-21-17-16-18-22-42)66(11)58(75)44(35(2)3)32-48(70)52(37(6)7)67(12)60(77)80-34-41-25-27-43(28-26-41)64-56(73)45(23-19-29-63-59(62)76)65-57(74)51(61)36(4)5;1-13-27(6)38(43(10)41(49)31(25(2)3)23-34(46)37(42-9)26(4)5)35(50-11)24-36(47)44-21-17-20-32(44)40(51-12)29(8)33(45)22-28(7)39(48)30-18-15-14-16-19-30;1-4-2-3/h16-18,21-22,25-28,35-40,44-46,49,51-55,72H,15,19-20,23-24,29-34,61H2,1-14H3,(H,64,73)(H,65,74)(H3,62,63,76);14-16,18-19,25-29,31-32,35,37-40,42,48H,13,17,20-24H2,1-12H3;3H2,1H3/t38-,39-,40-,44-,45-,46-,49+,51-,52-,53-,54+,55+;27-,28-,29-,31-,32-,35+,37-,38-,39+,40+;/m00./s1. The molecule has 0 aliphatic carbocycles. The molecule has 2 aliphatic heterocycles. The lowest BCUT2D eigenvalue weighted by atomic mass is 9.83. The molecule has 2 heterocycles. The van der Waals surface area contributed by atoms with Crippen molar-refractivity contribution in [3.8, 4) is 0 Å². The number of nitrogens with two attached hydrogens (primary N) is 2. The molecule has 0 spiro atoms. The third-order valence-corrected chi connectivity index (χ3v) is 28.4. The van der Waals surface area contributed by atoms with Crippen LogP contribution in [0.1, 0.15) is 243 Å². The van der Waals surface area contributed by atoms with Gasteiger partial charge in [0.25, 0.3) is 0 Å². The molecule has 135 heavy (non-hydrogen) atoms. The van der Waals surface area contributed by atoms with E-state index in [1.165, 1.54) is 19.1 Å². The Morgan fingerprint density at radius 3 is 1.30 bits per heavy atom. The quantitative estimate of drug-likeness (QED) is 0.0192. The molecule has 2 saturated heterocycles. The predicted molar refractivity (Wildman–Crippen MR) is 534 cm³/mol. The van der Waals surface area contributed by atoms with E-state index in [4.69, 9.17) is 35.2 Å². The Bertz CT molecular complexity index is 4150. The average molecular weight is 1930 g/mol. The number of nitrogens with one attached hydrogen (secondary N) is 4. The molecular formula is C102H170N12O19P2. The zero-order valence-electron chi connectivity index (χ0n) is 86.1. The predicted octanol–water partition coefficient (Wildman–Crippen LogP) is 13.9. The van der Waals surface area contributed by atoms with Crippen molar-refractivity contribution in [3.63, 3.8) is 0 Å². The summed E-state index contributed by atoms with van der Waals surface area (Å²) in [5, 5.41) is 33.0. The zero-order valence-corrected chi connectivity index (χ0v) is 88.1. The van der Waals surface area contributed by atoms with Crippen LogP contribution < -0.4 is 32.7 Å². The molecule has 3 aromatic carbocycles. The van der Waals surface area contributed by atoms with E-state index in [1.54, 1.807) is 95.3 Å². The molecule has 31 nitrogen and oxygen atoms in total. The first kappa shape index (κ1) is 121. The fourth-order valence-electron chi connectivity index (χ4n) is 18.8. The van der Waals surface area contributed by atoms with Crippen molar-refractivity contribution in [2.24, 2.45) is 92.9 Å². The minimum atomic E-state index is -0.958. The second-order valence-corrected chi connectivity index (χ2v) is 40.2. The summed E-state index contributed by atoms with van der Waals surface area (Å²) in [7, 11) is 16.3. The maximum atomic E-state index is 14.8. The third kappa shape index (κ3) is 36.9. The number of amides is 9. The number of rotatable bonds is 55. The SMILES string of the molecule is CC[C@H](C)[C@@H]([C@@H](CC(=O)N1CCC[C@H]1[C@H](OC)[C@@H](C)C(=O)C[C@H](C)[C@@H](O)c1ccccc1)OC)N(C)C(=O)[C@@H](CC(=O)[C@@H](NC)C(C)C)C(C)C.CC[C@H](C)[C@@H]([C@@H](CC(=O)N1CCC[C@H]1[C@H](OC)[C@@H](C)C(=O)C[C@H](C)[C@@H](O)c1ccccc1)OC)N(C)C(=O)[C@@H](CC(=O)[C@H](C(C)C)N(C)C(=O)OCc1ccc(NC(=O)[C@H](CCCNC(N)=O)NC(=O)[C@@H](N)C(C)C)cc1)C(C)C.CP=NP. The van der Waals surface area contributed by atoms with Crippen molar-refractivity contribution in [1.29, 1.82) is 0 Å². The van der Waals surface area contributed by atoms with E-state index in [9.17, 15) is 67.7 Å². The van der Waals surface area contributed by atoms with Crippen LogP contribution in [-0.4, -0.2) is 261 Å². The van der Waals surface area contributed by atoms with Gasteiger partial charge in [0.15, 0.2) is 11.6 Å². The second-order valence-electron chi connectivity index (χ2n) is 38.9. The average Bonchev–Trinajstić information content (AvgIpc) is 1.77. The highest BCUT2D eigenvalue weighted by molar-refractivity contribution is 7.34. The molecular weight excluding hydrogens is 1760 g/mol. The first-order valence-corrected chi connectivity index (χ1v) is 50.3. The molecule has 10 N–H and O–H groups in total. The van der Waals surface area contributed by atoms with Gasteiger partial charge >= 0.3 is 12.1 Å². The van der Waals surface area contributed by atoms with Crippen LogP contribution in [0.25, 0.3) is 0 Å². The number of anilines is 1. The topological polar surface area (TPSA) is 420 Å². The second kappa shape index (κ2) is 61.4. The minimum Gasteiger partial charge on any atom is -0.445 e. The molecule has 0 saturated carbocycles. The van der Waals surface area contributed by atoms with Crippen LogP contribution in [0.4, 0.5) is 15.3 Å². The number of benzene rings is 3. The van der Waals surface area contributed by atoms with E-state index >= 15 is 0 Å². The highest BCUT2D eigenvalue weighted by Crippen LogP contribution is 2.37. The van der Waals surface area contributed by atoms with E-state index in [1.807, 2.05) is 169 Å². The summed E-state index contributed by atoms with van der Waals surface area (Å²) in [6.07, 6.45) is 0.484. The Morgan fingerprint density at radius 1 is 0.533 bits per heavy atom. The van der Waals surface area contributed by atoms with Gasteiger partial charge in [-0.25, -0.2) is 9.59 Å². The lowest BCUT2D eigenvalue weighted by Crippen LogP contribution is -2.54. The molecule has 0 radical (unpaired) electrons. The van der Waals surface area contributed by atoms with E-state index in [-0.39, 0.29) is 176 Å². The largest absolute Gasteiger partial charge is 0.445 e. The van der Waals surface area contributed by atoms with Gasteiger partial charge < -0.3 is 91.1 Å². The number of nitrogens with zero attached hydrogens (tertiary/aromatic N) is 6. The molecule has 5 rings (SSSR count). The maximum absolute atomic E-state index is 14.8. The van der Waals surface area contributed by atoms with Gasteiger partial charge in [0.1, 0.15) is 24.2 Å². The number of primary amides is 1. The summed E-state index contributed by atoms with van der Waals surface area (Å²) in [6.45, 7) is 37.5. The van der Waals surface area contributed by atoms with Gasteiger partial charge in [-0.2, -0.15) is 0 Å². The lowest BCUT2D eigenvalue weighted by molar-refractivity contribution is -0.149. The van der Waals surface area contributed by atoms with Crippen molar-refractivity contribution < 1.29 is 91.4 Å². The Morgan fingerprint density at radius 2 is 0.948 bits per heavy atom. The maximum Gasteiger partial charge on any atom is 0.410 e. The van der Waals surface area contributed by atoms with Crippen LogP contribution in [0, 0.1) is 76.9 Å². The molecule has 23 atom stereocenters. The first-order valence-electron chi connectivity index (χ1n) is 48.5. The molecule has 9 amide bonds. The number of carbonyl (C=O) groups is 12. The summed E-state index contributed by atoms with van der Waals surface area (Å²) >= 11 is 0. The van der Waals surface area contributed by atoms with Gasteiger partial charge in [-0.15, -0.1) is 0 Å². The number of carbonyl (C=O) groups excluding carboxylic acids is 12. The highest BCUT2D eigenvalue weighted by atomic mass is 31.1. The van der Waals surface area contributed by atoms with Crippen molar-refractivity contribution in [3.05, 3.63) is 102 Å². The van der Waals surface area contributed by atoms with E-state index in [2.05, 4.69) is 49.0 Å². The van der Waals surface area contributed by atoms with E-state index in [0.717, 1.165) is 38.8 Å². The summed E-state index contributed by atoms with van der Waals surface area (Å²) in [5.41, 5.74) is 13.7. The normalized spacial score (nSPS) is 18.4. The number of aliphatic hydroxyl groups is 2. The van der Waals surface area contributed by atoms with Crippen molar-refractivity contribution >= 4 is 94.2 Å². The summed E-state index contributed by atoms with van der Waals surface area (Å²) in [6, 6.07) is 19.8. The van der Waals surface area contributed by atoms with Crippen LogP contribution in [0.2, 0.25) is 0 Å². The highest BCUT2D eigenvalue weighted by Gasteiger charge is 2.47. The van der Waals surface area contributed by atoms with Crippen LogP contribution in [0.5, 0.6) is 0 Å². The third-order valence-electron chi connectivity index (χ3n) is 27.5. The summed E-state index contributed by atoms with van der Waals surface area (Å²) < 4.78 is 33.4. The first-order chi connectivity index (χ1) is 63.7. The number of hydrogen-bond acceptors (Lipinski definition) is 22. The van der Waals surface area contributed by atoms with Crippen LogP contribution >= 0.6 is 17.8 Å². The van der Waals surface area contributed by atoms with Gasteiger partial charge in [-0.1, -0.05) is 210 Å². The van der Waals surface area contributed by atoms with Crippen molar-refractivity contribution in [2.75, 3.05) is 88.2 Å². The molecule has 1 unspecified atom stereocenters. The number of likely N-dealkylation sites (N-methyl/N-ethyl adjacent to an activating group) is 4. The fraction of sp³-hybridized carbons (Fsp3) is 0.706. The van der Waals surface area contributed by atoms with Crippen molar-refractivity contribution in [2.45, 2.75) is 306 Å². The summed E-state index contributed by atoms with van der Waals surface area (Å²) in [5.74, 6) is -5.83. The van der Waals surface area contributed by atoms with Gasteiger partial charge in [0.05, 0.1) is 91.8 Å². The summed E-state index contributed by atoms with van der Waals surface area (Å²) in [4.78, 5) is 172. The Balaban J connectivity index is 0.000000731. The van der Waals surface area contributed by atoms with Crippen LogP contribution in [0.3, 0.4) is 0 Å².